The van der Waals surface area contributed by atoms with E-state index in [4.69, 9.17) is 16.8 Å². The molecule has 2 rings (SSSR count). The Bertz CT molecular complexity index is 530. The number of unbranched alkanes of at least 4 members (excludes halogenated alkanes) is 2. The number of rotatable bonds is 6. The van der Waals surface area contributed by atoms with Gasteiger partial charge in [0.25, 0.3) is 0 Å². The summed E-state index contributed by atoms with van der Waals surface area (Å²) >= 11 is 5.95. The normalized spacial score (nSPS) is 17.4. The number of ketones is 1. The maximum absolute atomic E-state index is 12.4. The summed E-state index contributed by atoms with van der Waals surface area (Å²) in [6, 6.07) is 5.49. The van der Waals surface area contributed by atoms with Crippen LogP contribution in [0.1, 0.15) is 54.4 Å². The fourth-order valence-electron chi connectivity index (χ4n) is 2.87. The topological polar surface area (TPSA) is 66.4 Å². The van der Waals surface area contributed by atoms with Gasteiger partial charge in [-0.1, -0.05) is 24.4 Å². The van der Waals surface area contributed by atoms with Gasteiger partial charge in [-0.3, -0.25) is 14.8 Å². The summed E-state index contributed by atoms with van der Waals surface area (Å²) < 4.78 is 0. The van der Waals surface area contributed by atoms with Crippen LogP contribution in [0.15, 0.2) is 18.2 Å². The molecule has 1 unspecified atom stereocenters. The van der Waals surface area contributed by atoms with E-state index in [9.17, 15) is 9.59 Å². The lowest BCUT2D eigenvalue weighted by molar-refractivity contribution is -0.129. The molecule has 1 aliphatic carbocycles. The predicted octanol–water partition coefficient (Wildman–Crippen LogP) is 3.54. The lowest BCUT2D eigenvalue weighted by Crippen LogP contribution is -2.22. The first-order valence-corrected chi connectivity index (χ1v) is 7.75. The fourth-order valence-corrected chi connectivity index (χ4v) is 3.07. The van der Waals surface area contributed by atoms with Crippen LogP contribution in [0.2, 0.25) is 5.02 Å². The van der Waals surface area contributed by atoms with Gasteiger partial charge in [-0.25, -0.2) is 5.48 Å². The summed E-state index contributed by atoms with van der Waals surface area (Å²) in [4.78, 5) is 23.3. The van der Waals surface area contributed by atoms with Gasteiger partial charge in [0.1, 0.15) is 0 Å². The van der Waals surface area contributed by atoms with Crippen molar-refractivity contribution in [3.63, 3.8) is 0 Å². The Morgan fingerprint density at radius 3 is 2.90 bits per heavy atom. The van der Waals surface area contributed by atoms with Gasteiger partial charge in [-0.2, -0.15) is 0 Å². The Balaban J connectivity index is 1.80. The van der Waals surface area contributed by atoms with Crippen LogP contribution in [-0.4, -0.2) is 16.9 Å². The predicted molar refractivity (Wildman–Crippen MR) is 80.6 cm³/mol. The van der Waals surface area contributed by atoms with Gasteiger partial charge in [0.2, 0.25) is 5.91 Å². The van der Waals surface area contributed by atoms with Gasteiger partial charge in [0.05, 0.1) is 0 Å². The maximum atomic E-state index is 12.4. The third-order valence-corrected chi connectivity index (χ3v) is 4.28. The highest BCUT2D eigenvalue weighted by Crippen LogP contribution is 2.30. The van der Waals surface area contributed by atoms with Crippen LogP contribution >= 0.6 is 11.6 Å². The van der Waals surface area contributed by atoms with Crippen molar-refractivity contribution in [1.82, 2.24) is 5.48 Å². The lowest BCUT2D eigenvalue weighted by Gasteiger charge is -2.23. The molecule has 1 aliphatic rings. The van der Waals surface area contributed by atoms with Crippen molar-refractivity contribution in [1.29, 1.82) is 0 Å². The van der Waals surface area contributed by atoms with E-state index in [-0.39, 0.29) is 17.6 Å². The summed E-state index contributed by atoms with van der Waals surface area (Å²) in [5.74, 6) is -0.0408. The molecule has 0 aliphatic heterocycles. The number of hydroxylamine groups is 1. The number of fused-ring (bicyclic) bond motifs is 1. The first-order valence-electron chi connectivity index (χ1n) is 7.37. The molecule has 0 saturated heterocycles. The minimum atomic E-state index is -0.352. The van der Waals surface area contributed by atoms with Crippen LogP contribution in [0, 0.1) is 5.92 Å². The molecule has 114 valence electrons. The largest absolute Gasteiger partial charge is 0.294 e. The lowest BCUT2D eigenvalue weighted by atomic mass is 9.80. The third kappa shape index (κ3) is 4.29. The Kier molecular flexibility index (Phi) is 5.76. The summed E-state index contributed by atoms with van der Waals surface area (Å²) in [6.45, 7) is 0. The van der Waals surface area contributed by atoms with Crippen LogP contribution in [0.4, 0.5) is 0 Å². The van der Waals surface area contributed by atoms with E-state index in [2.05, 4.69) is 0 Å². The summed E-state index contributed by atoms with van der Waals surface area (Å²) in [5, 5.41) is 9.07. The van der Waals surface area contributed by atoms with Crippen molar-refractivity contribution in [2.75, 3.05) is 0 Å². The number of carbonyl (C=O) groups excluding carboxylic acids is 2. The number of hydrogen-bond donors (Lipinski definition) is 2. The Morgan fingerprint density at radius 2 is 2.14 bits per heavy atom. The smallest absolute Gasteiger partial charge is 0.243 e. The SMILES string of the molecule is O=C(CCCCCC1CCc2cc(Cl)ccc2C1=O)NO. The van der Waals surface area contributed by atoms with E-state index < -0.39 is 0 Å². The average molecular weight is 310 g/mol. The van der Waals surface area contributed by atoms with Crippen LogP contribution in [0.25, 0.3) is 0 Å². The van der Waals surface area contributed by atoms with E-state index in [1.54, 1.807) is 11.5 Å². The molecule has 0 aromatic heterocycles. The Hall–Kier alpha value is -1.39. The van der Waals surface area contributed by atoms with E-state index in [0.29, 0.717) is 11.4 Å². The minimum Gasteiger partial charge on any atom is -0.294 e. The van der Waals surface area contributed by atoms with Gasteiger partial charge in [-0.05, 0) is 49.4 Å². The third-order valence-electron chi connectivity index (χ3n) is 4.05. The van der Waals surface area contributed by atoms with Crippen LogP contribution in [0.5, 0.6) is 0 Å². The molecule has 5 heteroatoms. The number of aryl methyl sites for hydroxylation is 1. The van der Waals surface area contributed by atoms with E-state index in [0.717, 1.165) is 49.7 Å². The quantitative estimate of drug-likeness (QED) is 0.480. The second-order valence-electron chi connectivity index (χ2n) is 5.54. The van der Waals surface area contributed by atoms with Gasteiger partial charge < -0.3 is 0 Å². The van der Waals surface area contributed by atoms with Crippen LogP contribution < -0.4 is 5.48 Å². The van der Waals surface area contributed by atoms with E-state index >= 15 is 0 Å². The van der Waals surface area contributed by atoms with Crippen molar-refractivity contribution in [2.45, 2.75) is 44.9 Å². The summed E-state index contributed by atoms with van der Waals surface area (Å²) in [6.07, 6.45) is 5.53. The molecule has 0 heterocycles. The van der Waals surface area contributed by atoms with E-state index in [1.165, 1.54) is 0 Å². The number of hydrogen-bond acceptors (Lipinski definition) is 3. The first-order chi connectivity index (χ1) is 10.1. The zero-order valence-electron chi connectivity index (χ0n) is 11.9. The van der Waals surface area contributed by atoms with Crippen molar-refractivity contribution in [3.8, 4) is 0 Å². The molecule has 1 aromatic carbocycles. The highest BCUT2D eigenvalue weighted by molar-refractivity contribution is 6.30. The van der Waals surface area contributed by atoms with Gasteiger partial charge in [0, 0.05) is 22.9 Å². The number of nitrogens with one attached hydrogen (secondary N) is 1. The highest BCUT2D eigenvalue weighted by Gasteiger charge is 2.26. The molecular weight excluding hydrogens is 290 g/mol. The molecule has 2 N–H and O–H groups in total. The number of Topliss-reactive ketones (excluding diaryl/α,β-unsaturated/α-hetero) is 1. The van der Waals surface area contributed by atoms with Crippen molar-refractivity contribution >= 4 is 23.3 Å². The molecule has 1 amide bonds. The standard InChI is InChI=1S/C16H20ClNO3/c17-13-8-9-14-12(10-13)7-6-11(16(14)20)4-2-1-3-5-15(19)18-21/h8-11,21H,1-7H2,(H,18,19). The van der Waals surface area contributed by atoms with Crippen molar-refractivity contribution in [2.24, 2.45) is 5.92 Å². The fraction of sp³-hybridized carbons (Fsp3) is 0.500. The van der Waals surface area contributed by atoms with Gasteiger partial charge in [0.15, 0.2) is 5.78 Å². The number of carbonyl (C=O) groups is 2. The molecular formula is C16H20ClNO3. The highest BCUT2D eigenvalue weighted by atomic mass is 35.5. The molecule has 0 spiro atoms. The van der Waals surface area contributed by atoms with E-state index in [1.807, 2.05) is 12.1 Å². The summed E-state index contributed by atoms with van der Waals surface area (Å²) in [5.41, 5.74) is 3.50. The molecule has 0 fully saturated rings. The molecule has 1 aromatic rings. The van der Waals surface area contributed by atoms with Crippen LogP contribution in [-0.2, 0) is 11.2 Å². The number of amides is 1. The van der Waals surface area contributed by atoms with Gasteiger partial charge >= 0.3 is 0 Å². The van der Waals surface area contributed by atoms with Crippen molar-refractivity contribution < 1.29 is 14.8 Å². The molecule has 21 heavy (non-hydrogen) atoms. The molecule has 0 saturated carbocycles. The average Bonchev–Trinajstić information content (AvgIpc) is 2.48. The van der Waals surface area contributed by atoms with Crippen LogP contribution in [0.3, 0.4) is 0 Å². The Morgan fingerprint density at radius 1 is 1.33 bits per heavy atom. The van der Waals surface area contributed by atoms with Gasteiger partial charge in [-0.15, -0.1) is 0 Å². The Labute approximate surface area is 129 Å². The molecule has 1 atom stereocenters. The molecule has 4 nitrogen and oxygen atoms in total. The second kappa shape index (κ2) is 7.57. The first kappa shape index (κ1) is 16.0. The van der Waals surface area contributed by atoms with Crippen molar-refractivity contribution in [3.05, 3.63) is 34.3 Å². The minimum absolute atomic E-state index is 0.0883. The number of halogens is 1. The zero-order valence-corrected chi connectivity index (χ0v) is 12.7. The molecule has 0 radical (unpaired) electrons. The monoisotopic (exact) mass is 309 g/mol. The maximum Gasteiger partial charge on any atom is 0.243 e. The second-order valence-corrected chi connectivity index (χ2v) is 5.97. The summed E-state index contributed by atoms with van der Waals surface area (Å²) in [7, 11) is 0. The molecule has 0 bridgehead atoms. The zero-order chi connectivity index (χ0) is 15.2. The number of benzene rings is 1.